The highest BCUT2D eigenvalue weighted by atomic mass is 16.5. The van der Waals surface area contributed by atoms with Crippen molar-refractivity contribution in [1.82, 2.24) is 10.9 Å². The summed E-state index contributed by atoms with van der Waals surface area (Å²) in [4.78, 5) is 36.1. The molecule has 0 aliphatic heterocycles. The monoisotopic (exact) mass is 407 g/mol. The Hall–Kier alpha value is -4.07. The number of para-hydroxylation sites is 1. The molecule has 0 spiro atoms. The van der Waals surface area contributed by atoms with E-state index < -0.39 is 17.7 Å². The molecule has 154 valence electrons. The molecule has 0 fully saturated rings. The number of hydrazine groups is 1. The second-order valence-electron chi connectivity index (χ2n) is 6.52. The van der Waals surface area contributed by atoms with Crippen LogP contribution in [0.5, 0.6) is 5.75 Å². The first-order chi connectivity index (χ1) is 14.4. The first-order valence-electron chi connectivity index (χ1n) is 9.17. The second kappa shape index (κ2) is 9.42. The number of hydrogen-bond acceptors (Lipinski definition) is 5. The second-order valence-corrected chi connectivity index (χ2v) is 6.52. The fourth-order valence-electron chi connectivity index (χ4n) is 2.70. The molecule has 1 aromatic heterocycles. The molecule has 0 atom stereocenters. The lowest BCUT2D eigenvalue weighted by molar-refractivity contribution is -0.123. The maximum atomic E-state index is 12.2. The van der Waals surface area contributed by atoms with Crippen LogP contribution >= 0.6 is 0 Å². The van der Waals surface area contributed by atoms with Gasteiger partial charge in [-0.15, -0.1) is 0 Å². The van der Waals surface area contributed by atoms with Crippen LogP contribution < -0.4 is 20.9 Å². The minimum Gasteiger partial charge on any atom is -0.483 e. The summed E-state index contributed by atoms with van der Waals surface area (Å²) in [6.07, 6.45) is 1.41. The van der Waals surface area contributed by atoms with E-state index in [9.17, 15) is 14.4 Å². The van der Waals surface area contributed by atoms with Crippen molar-refractivity contribution >= 4 is 23.4 Å². The van der Waals surface area contributed by atoms with E-state index in [1.807, 2.05) is 32.0 Å². The molecule has 0 bridgehead atoms. The van der Waals surface area contributed by atoms with Gasteiger partial charge in [0.15, 0.2) is 12.4 Å². The maximum Gasteiger partial charge on any atom is 0.291 e. The first-order valence-corrected chi connectivity index (χ1v) is 9.17. The molecule has 0 saturated carbocycles. The van der Waals surface area contributed by atoms with Crippen LogP contribution in [0, 0.1) is 13.8 Å². The molecule has 1 heterocycles. The zero-order chi connectivity index (χ0) is 21.5. The lowest BCUT2D eigenvalue weighted by atomic mass is 10.1. The highest BCUT2D eigenvalue weighted by Crippen LogP contribution is 2.22. The van der Waals surface area contributed by atoms with E-state index >= 15 is 0 Å². The molecule has 0 aliphatic carbocycles. The number of amides is 3. The van der Waals surface area contributed by atoms with Gasteiger partial charge >= 0.3 is 0 Å². The predicted molar refractivity (Wildman–Crippen MR) is 110 cm³/mol. The number of carbonyl (C=O) groups is 3. The normalized spacial score (nSPS) is 10.2. The summed E-state index contributed by atoms with van der Waals surface area (Å²) < 4.78 is 10.6. The molecule has 3 aromatic rings. The van der Waals surface area contributed by atoms with Gasteiger partial charge in [0.25, 0.3) is 17.7 Å². The Morgan fingerprint density at radius 3 is 2.20 bits per heavy atom. The largest absolute Gasteiger partial charge is 0.483 e. The summed E-state index contributed by atoms with van der Waals surface area (Å²) in [6.45, 7) is 3.55. The molecule has 3 amide bonds. The van der Waals surface area contributed by atoms with E-state index in [0.29, 0.717) is 17.0 Å². The van der Waals surface area contributed by atoms with Crippen molar-refractivity contribution < 1.29 is 23.5 Å². The summed E-state index contributed by atoms with van der Waals surface area (Å²) in [5.74, 6) is -0.560. The van der Waals surface area contributed by atoms with E-state index in [-0.39, 0.29) is 12.4 Å². The molecule has 3 rings (SSSR count). The molecule has 30 heavy (non-hydrogen) atoms. The molecule has 0 unspecified atom stereocenters. The summed E-state index contributed by atoms with van der Waals surface area (Å²) in [5, 5.41) is 2.65. The lowest BCUT2D eigenvalue weighted by Gasteiger charge is -2.12. The summed E-state index contributed by atoms with van der Waals surface area (Å²) in [6, 6.07) is 15.0. The Labute approximate surface area is 173 Å². The van der Waals surface area contributed by atoms with Gasteiger partial charge in [-0.3, -0.25) is 25.2 Å². The third-order valence-electron chi connectivity index (χ3n) is 4.22. The van der Waals surface area contributed by atoms with E-state index in [1.54, 1.807) is 24.3 Å². The average molecular weight is 407 g/mol. The minimum absolute atomic E-state index is 0.183. The van der Waals surface area contributed by atoms with Gasteiger partial charge in [-0.25, -0.2) is 0 Å². The standard InChI is InChI=1S/C22H21N3O5/c1-14-5-3-6-15(2)20(14)30-13-19(26)24-25-21(27)16-8-10-17(11-9-16)23-22(28)18-7-4-12-29-18/h3-12H,13H2,1-2H3,(H,23,28)(H,24,26)(H,25,27). The third-order valence-corrected chi connectivity index (χ3v) is 4.22. The van der Waals surface area contributed by atoms with Crippen molar-refractivity contribution in [2.75, 3.05) is 11.9 Å². The van der Waals surface area contributed by atoms with Gasteiger partial charge in [0.05, 0.1) is 6.26 Å². The fraction of sp³-hybridized carbons (Fsp3) is 0.136. The average Bonchev–Trinajstić information content (AvgIpc) is 3.27. The number of ether oxygens (including phenoxy) is 1. The Bertz CT molecular complexity index is 1020. The number of benzene rings is 2. The predicted octanol–water partition coefficient (Wildman–Crippen LogP) is 2.99. The van der Waals surface area contributed by atoms with Gasteiger partial charge in [0, 0.05) is 11.3 Å². The van der Waals surface area contributed by atoms with Crippen LogP contribution in [0.1, 0.15) is 32.0 Å². The number of rotatable bonds is 6. The zero-order valence-electron chi connectivity index (χ0n) is 16.5. The third kappa shape index (κ3) is 5.26. The van der Waals surface area contributed by atoms with Crippen molar-refractivity contribution in [1.29, 1.82) is 0 Å². The number of anilines is 1. The molecule has 3 N–H and O–H groups in total. The molecule has 0 aliphatic rings. The van der Waals surface area contributed by atoms with Crippen molar-refractivity contribution in [3.05, 3.63) is 83.3 Å². The highest BCUT2D eigenvalue weighted by molar-refractivity contribution is 6.02. The molecule has 8 heteroatoms. The molecular weight excluding hydrogens is 386 g/mol. The van der Waals surface area contributed by atoms with Crippen molar-refractivity contribution in [3.63, 3.8) is 0 Å². The van der Waals surface area contributed by atoms with Gasteiger partial charge in [0.1, 0.15) is 5.75 Å². The fourth-order valence-corrected chi connectivity index (χ4v) is 2.70. The minimum atomic E-state index is -0.501. The van der Waals surface area contributed by atoms with Crippen molar-refractivity contribution in [3.8, 4) is 5.75 Å². The van der Waals surface area contributed by atoms with Gasteiger partial charge in [-0.1, -0.05) is 18.2 Å². The van der Waals surface area contributed by atoms with E-state index in [2.05, 4.69) is 16.2 Å². The van der Waals surface area contributed by atoms with Crippen molar-refractivity contribution in [2.45, 2.75) is 13.8 Å². The van der Waals surface area contributed by atoms with E-state index in [0.717, 1.165) is 11.1 Å². The topological polar surface area (TPSA) is 110 Å². The zero-order valence-corrected chi connectivity index (χ0v) is 16.5. The van der Waals surface area contributed by atoms with Gasteiger partial charge in [0.2, 0.25) is 0 Å². The Kier molecular flexibility index (Phi) is 6.49. The molecular formula is C22H21N3O5. The first kappa shape index (κ1) is 20.7. The van der Waals surface area contributed by atoms with Crippen molar-refractivity contribution in [2.24, 2.45) is 0 Å². The molecule has 0 saturated heterocycles. The van der Waals surface area contributed by atoms with Crippen LogP contribution in [0.25, 0.3) is 0 Å². The van der Waals surface area contributed by atoms with E-state index in [4.69, 9.17) is 9.15 Å². The molecule has 8 nitrogen and oxygen atoms in total. The summed E-state index contributed by atoms with van der Waals surface area (Å²) in [5.41, 5.74) is 7.29. The van der Waals surface area contributed by atoms with Crippen LogP contribution in [0.15, 0.2) is 65.3 Å². The summed E-state index contributed by atoms with van der Waals surface area (Å²) >= 11 is 0. The van der Waals surface area contributed by atoms with Gasteiger partial charge in [-0.05, 0) is 61.4 Å². The number of nitrogens with one attached hydrogen (secondary N) is 3. The van der Waals surface area contributed by atoms with Crippen LogP contribution in [-0.2, 0) is 4.79 Å². The summed E-state index contributed by atoms with van der Waals surface area (Å²) in [7, 11) is 0. The number of furan rings is 1. The smallest absolute Gasteiger partial charge is 0.291 e. The molecule has 2 aromatic carbocycles. The highest BCUT2D eigenvalue weighted by Gasteiger charge is 2.11. The van der Waals surface area contributed by atoms with E-state index in [1.165, 1.54) is 18.4 Å². The number of aryl methyl sites for hydroxylation is 2. The quantitative estimate of drug-likeness (QED) is 0.544. The van der Waals surface area contributed by atoms with Crippen LogP contribution in [-0.4, -0.2) is 24.3 Å². The van der Waals surface area contributed by atoms with Crippen LogP contribution in [0.3, 0.4) is 0 Å². The molecule has 0 radical (unpaired) electrons. The maximum absolute atomic E-state index is 12.2. The number of hydrogen-bond donors (Lipinski definition) is 3. The SMILES string of the molecule is Cc1cccc(C)c1OCC(=O)NNC(=O)c1ccc(NC(=O)c2ccco2)cc1. The lowest BCUT2D eigenvalue weighted by Crippen LogP contribution is -2.43. The van der Waals surface area contributed by atoms with Crippen LogP contribution in [0.4, 0.5) is 5.69 Å². The Morgan fingerprint density at radius 2 is 1.57 bits per heavy atom. The number of carbonyl (C=O) groups excluding carboxylic acids is 3. The van der Waals surface area contributed by atoms with Gasteiger partial charge in [-0.2, -0.15) is 0 Å². The Morgan fingerprint density at radius 1 is 0.867 bits per heavy atom. The Balaban J connectivity index is 1.47. The van der Waals surface area contributed by atoms with Gasteiger partial charge < -0.3 is 14.5 Å². The van der Waals surface area contributed by atoms with Crippen LogP contribution in [0.2, 0.25) is 0 Å².